The lowest BCUT2D eigenvalue weighted by molar-refractivity contribution is -0.128. The Morgan fingerprint density at radius 1 is 1.39 bits per heavy atom. The zero-order valence-corrected chi connectivity index (χ0v) is 18.2. The number of nitrogens with zero attached hydrogens (tertiary/aromatic N) is 2. The minimum Gasteiger partial charge on any atom is -0.494 e. The lowest BCUT2D eigenvalue weighted by atomic mass is 9.89. The Morgan fingerprint density at radius 3 is 2.81 bits per heavy atom. The van der Waals surface area contributed by atoms with Crippen LogP contribution in [0.4, 0.5) is 0 Å². The molecule has 2 heterocycles. The second-order valence-corrected chi connectivity index (χ2v) is 7.75. The number of benzene rings is 1. The molecule has 8 nitrogen and oxygen atoms in total. The van der Waals surface area contributed by atoms with E-state index in [1.807, 2.05) is 31.2 Å². The summed E-state index contributed by atoms with van der Waals surface area (Å²) in [7, 11) is 0. The normalized spacial score (nSPS) is 23.7. The van der Waals surface area contributed by atoms with Crippen molar-refractivity contribution in [2.24, 2.45) is 4.99 Å². The molecule has 1 aromatic rings. The van der Waals surface area contributed by atoms with E-state index < -0.39 is 11.6 Å². The summed E-state index contributed by atoms with van der Waals surface area (Å²) < 4.78 is 16.9. The number of hydrogen-bond donors (Lipinski definition) is 2. The number of ether oxygens (including phenoxy) is 3. The Bertz CT molecular complexity index is 761. The van der Waals surface area contributed by atoms with Crippen LogP contribution in [0.25, 0.3) is 0 Å². The lowest BCUT2D eigenvalue weighted by Gasteiger charge is -2.29. The quantitative estimate of drug-likeness (QED) is 0.406. The van der Waals surface area contributed by atoms with Crippen LogP contribution in [0.15, 0.2) is 41.9 Å². The van der Waals surface area contributed by atoms with Crippen molar-refractivity contribution in [3.8, 4) is 5.75 Å². The predicted molar refractivity (Wildman–Crippen MR) is 119 cm³/mol. The number of carbonyl (C=O) groups is 1. The van der Waals surface area contributed by atoms with Gasteiger partial charge in [0.1, 0.15) is 11.9 Å². The third-order valence-corrected chi connectivity index (χ3v) is 5.60. The first-order chi connectivity index (χ1) is 15.1. The highest BCUT2D eigenvalue weighted by Gasteiger charge is 2.49. The first-order valence-electron chi connectivity index (χ1n) is 10.9. The van der Waals surface area contributed by atoms with Gasteiger partial charge in [-0.25, -0.2) is 4.99 Å². The molecule has 0 aromatic heterocycles. The maximum absolute atomic E-state index is 13.2. The molecule has 1 amide bonds. The highest BCUT2D eigenvalue weighted by molar-refractivity contribution is 6.00. The van der Waals surface area contributed by atoms with E-state index in [0.29, 0.717) is 37.6 Å². The standard InChI is InChI=1S/C23H33N3O5/c1-3-9-23(22(28)24-10-11-26-12-16-29-17-13-26)18(2)31-21(25-23)19-5-7-20(8-6-19)30-15-4-14-27/h3,5-8,18,27H,1,4,9-17H2,2H3,(H,24,28)/t18-,23-/m1/s1. The van der Waals surface area contributed by atoms with E-state index in [0.717, 1.165) is 38.4 Å². The molecular formula is C23H33N3O5. The summed E-state index contributed by atoms with van der Waals surface area (Å²) in [5.74, 6) is 1.01. The Morgan fingerprint density at radius 2 is 2.13 bits per heavy atom. The molecule has 1 saturated heterocycles. The van der Waals surface area contributed by atoms with Gasteiger partial charge in [-0.2, -0.15) is 0 Å². The minimum absolute atomic E-state index is 0.0977. The van der Waals surface area contributed by atoms with Gasteiger partial charge in [0.25, 0.3) is 5.91 Å². The number of rotatable bonds is 11. The van der Waals surface area contributed by atoms with E-state index >= 15 is 0 Å². The number of nitrogens with one attached hydrogen (secondary N) is 1. The molecule has 0 aliphatic carbocycles. The van der Waals surface area contributed by atoms with Gasteiger partial charge < -0.3 is 24.6 Å². The molecule has 0 saturated carbocycles. The largest absolute Gasteiger partial charge is 0.494 e. The summed E-state index contributed by atoms with van der Waals surface area (Å²) >= 11 is 0. The van der Waals surface area contributed by atoms with E-state index in [2.05, 4.69) is 16.8 Å². The highest BCUT2D eigenvalue weighted by atomic mass is 16.5. The van der Waals surface area contributed by atoms with Gasteiger partial charge in [-0.15, -0.1) is 6.58 Å². The van der Waals surface area contributed by atoms with Gasteiger partial charge in [0.05, 0.1) is 19.8 Å². The Hall–Kier alpha value is -2.42. The van der Waals surface area contributed by atoms with Crippen molar-refractivity contribution in [3.63, 3.8) is 0 Å². The topological polar surface area (TPSA) is 92.6 Å². The fraction of sp³-hybridized carbons (Fsp3) is 0.565. The maximum atomic E-state index is 13.2. The van der Waals surface area contributed by atoms with E-state index in [-0.39, 0.29) is 12.5 Å². The zero-order chi connectivity index (χ0) is 22.1. The average Bonchev–Trinajstić information content (AvgIpc) is 3.12. The second kappa shape index (κ2) is 11.3. The SMILES string of the molecule is C=CC[C@@]1(C(=O)NCCN2CCOCC2)N=C(c2ccc(OCCCO)cc2)O[C@@H]1C. The van der Waals surface area contributed by atoms with Gasteiger partial charge in [-0.3, -0.25) is 9.69 Å². The summed E-state index contributed by atoms with van der Waals surface area (Å²) in [5.41, 5.74) is -0.244. The van der Waals surface area contributed by atoms with Crippen molar-refractivity contribution in [1.82, 2.24) is 10.2 Å². The van der Waals surface area contributed by atoms with Crippen LogP contribution in [0.2, 0.25) is 0 Å². The summed E-state index contributed by atoms with van der Waals surface area (Å²) in [4.78, 5) is 20.2. The summed E-state index contributed by atoms with van der Waals surface area (Å²) in [6, 6.07) is 7.39. The molecule has 8 heteroatoms. The average molecular weight is 432 g/mol. The van der Waals surface area contributed by atoms with E-state index in [9.17, 15) is 4.79 Å². The van der Waals surface area contributed by atoms with Crippen molar-refractivity contribution in [2.45, 2.75) is 31.4 Å². The van der Waals surface area contributed by atoms with Crippen molar-refractivity contribution < 1.29 is 24.1 Å². The molecule has 2 atom stereocenters. The van der Waals surface area contributed by atoms with Gasteiger partial charge >= 0.3 is 0 Å². The van der Waals surface area contributed by atoms with Crippen LogP contribution in [0.5, 0.6) is 5.75 Å². The van der Waals surface area contributed by atoms with E-state index in [4.69, 9.17) is 24.3 Å². The molecule has 0 radical (unpaired) electrons. The number of amides is 1. The van der Waals surface area contributed by atoms with Crippen molar-refractivity contribution in [1.29, 1.82) is 0 Å². The molecule has 1 fully saturated rings. The third kappa shape index (κ3) is 5.84. The number of morpholine rings is 1. The van der Waals surface area contributed by atoms with E-state index in [1.54, 1.807) is 6.08 Å². The van der Waals surface area contributed by atoms with Crippen LogP contribution in [-0.4, -0.2) is 86.1 Å². The number of aliphatic imine (C=N–C) groups is 1. The molecule has 1 aromatic carbocycles. The molecule has 0 spiro atoms. The van der Waals surface area contributed by atoms with Crippen LogP contribution >= 0.6 is 0 Å². The molecule has 2 aliphatic heterocycles. The Balaban J connectivity index is 1.65. The predicted octanol–water partition coefficient (Wildman–Crippen LogP) is 1.38. The fourth-order valence-electron chi connectivity index (χ4n) is 3.71. The van der Waals surface area contributed by atoms with Gasteiger partial charge in [0.15, 0.2) is 5.54 Å². The number of aliphatic hydroxyl groups is 1. The maximum Gasteiger partial charge on any atom is 0.252 e. The minimum atomic E-state index is -1.03. The molecule has 2 N–H and O–H groups in total. The molecule has 170 valence electrons. The lowest BCUT2D eigenvalue weighted by Crippen LogP contribution is -2.52. The molecule has 31 heavy (non-hydrogen) atoms. The molecule has 0 bridgehead atoms. The first kappa shape index (κ1) is 23.2. The summed E-state index contributed by atoms with van der Waals surface area (Å²) in [6.45, 7) is 10.8. The Kier molecular flexibility index (Phi) is 8.45. The van der Waals surface area contributed by atoms with Crippen LogP contribution in [0.3, 0.4) is 0 Å². The number of hydrogen-bond acceptors (Lipinski definition) is 7. The summed E-state index contributed by atoms with van der Waals surface area (Å²) in [6.07, 6.45) is 2.28. The van der Waals surface area contributed by atoms with Crippen LogP contribution in [-0.2, 0) is 14.3 Å². The smallest absolute Gasteiger partial charge is 0.252 e. The van der Waals surface area contributed by atoms with Crippen LogP contribution < -0.4 is 10.1 Å². The van der Waals surface area contributed by atoms with Crippen molar-refractivity contribution >= 4 is 11.8 Å². The molecule has 0 unspecified atom stereocenters. The van der Waals surface area contributed by atoms with E-state index in [1.165, 1.54) is 0 Å². The van der Waals surface area contributed by atoms with Gasteiger partial charge in [-0.05, 0) is 31.2 Å². The molecule has 3 rings (SSSR count). The van der Waals surface area contributed by atoms with Crippen molar-refractivity contribution in [2.75, 3.05) is 52.6 Å². The highest BCUT2D eigenvalue weighted by Crippen LogP contribution is 2.32. The van der Waals surface area contributed by atoms with Gasteiger partial charge in [-0.1, -0.05) is 6.08 Å². The second-order valence-electron chi connectivity index (χ2n) is 7.75. The van der Waals surface area contributed by atoms with Gasteiger partial charge in [0.2, 0.25) is 5.90 Å². The molecular weight excluding hydrogens is 398 g/mol. The third-order valence-electron chi connectivity index (χ3n) is 5.60. The van der Waals surface area contributed by atoms with Crippen LogP contribution in [0, 0.1) is 0 Å². The van der Waals surface area contributed by atoms with Gasteiger partial charge in [0, 0.05) is 51.2 Å². The zero-order valence-electron chi connectivity index (χ0n) is 18.2. The number of aliphatic hydroxyl groups excluding tert-OH is 1. The first-order valence-corrected chi connectivity index (χ1v) is 10.9. The summed E-state index contributed by atoms with van der Waals surface area (Å²) in [5, 5.41) is 11.9. The van der Waals surface area contributed by atoms with Crippen LogP contribution in [0.1, 0.15) is 25.3 Å². The fourth-order valence-corrected chi connectivity index (χ4v) is 3.71. The molecule has 2 aliphatic rings. The van der Waals surface area contributed by atoms with Crippen molar-refractivity contribution in [3.05, 3.63) is 42.5 Å². The monoisotopic (exact) mass is 431 g/mol. The number of carbonyl (C=O) groups excluding carboxylic acids is 1. The Labute approximate surface area is 183 Å².